The number of nitrogens with one attached hydrogen (secondary N) is 1. The van der Waals surface area contributed by atoms with Gasteiger partial charge in [0.1, 0.15) is 5.82 Å². The number of hydrogen-bond donors (Lipinski definition) is 2. The van der Waals surface area contributed by atoms with Crippen LogP contribution in [0.4, 0.5) is 10.1 Å². The van der Waals surface area contributed by atoms with Gasteiger partial charge in [-0.15, -0.1) is 0 Å². The van der Waals surface area contributed by atoms with Gasteiger partial charge in [0, 0.05) is 5.69 Å². The van der Waals surface area contributed by atoms with Gasteiger partial charge in [-0.25, -0.2) is 4.39 Å². The molecule has 0 saturated heterocycles. The quantitative estimate of drug-likeness (QED) is 0.867. The molecule has 0 radical (unpaired) electrons. The van der Waals surface area contributed by atoms with Gasteiger partial charge in [0.2, 0.25) is 5.91 Å². The van der Waals surface area contributed by atoms with E-state index in [9.17, 15) is 9.18 Å². The molecule has 0 aromatic heterocycles. The Balaban J connectivity index is 1.89. The highest BCUT2D eigenvalue weighted by Gasteiger charge is 2.14. The monoisotopic (exact) mass is 350 g/mol. The molecule has 0 unspecified atom stereocenters. The van der Waals surface area contributed by atoms with E-state index in [0.29, 0.717) is 16.6 Å². The van der Waals surface area contributed by atoms with Gasteiger partial charge in [-0.2, -0.15) is 0 Å². The predicted octanol–water partition coefficient (Wildman–Crippen LogP) is 3.49. The average molecular weight is 351 g/mol. The number of benzene rings is 2. The van der Waals surface area contributed by atoms with Crippen molar-refractivity contribution in [1.29, 1.82) is 0 Å². The number of anilines is 1. The Morgan fingerprint density at radius 3 is 2.62 bits per heavy atom. The van der Waals surface area contributed by atoms with Crippen LogP contribution in [0, 0.1) is 5.82 Å². The van der Waals surface area contributed by atoms with Crippen LogP contribution in [0.25, 0.3) is 0 Å². The lowest BCUT2D eigenvalue weighted by Gasteiger charge is -2.12. The lowest BCUT2D eigenvalue weighted by Crippen LogP contribution is -2.36. The molecule has 0 spiro atoms. The van der Waals surface area contributed by atoms with Gasteiger partial charge in [-0.3, -0.25) is 4.79 Å². The summed E-state index contributed by atoms with van der Waals surface area (Å²) in [6.45, 7) is 0. The van der Waals surface area contributed by atoms with Crippen molar-refractivity contribution in [3.8, 4) is 0 Å². The molecule has 2 rings (SSSR count). The Hall–Kier alpha value is -1.72. The molecule has 2 aromatic rings. The highest BCUT2D eigenvalue weighted by Crippen LogP contribution is 2.19. The third-order valence-corrected chi connectivity index (χ3v) is 3.75. The number of carbonyl (C=O) groups excluding carboxylic acids is 1. The molecule has 0 aliphatic carbocycles. The highest BCUT2D eigenvalue weighted by molar-refractivity contribution is 9.10. The maximum absolute atomic E-state index is 13.4. The summed E-state index contributed by atoms with van der Waals surface area (Å²) >= 11 is 3.06. The molecule has 0 saturated carbocycles. The molecule has 21 heavy (non-hydrogen) atoms. The Labute approximate surface area is 131 Å². The number of amides is 1. The van der Waals surface area contributed by atoms with Crippen LogP contribution in [0.3, 0.4) is 0 Å². The molecule has 0 fully saturated rings. The van der Waals surface area contributed by atoms with E-state index in [0.717, 1.165) is 12.0 Å². The van der Waals surface area contributed by atoms with E-state index in [1.165, 1.54) is 6.07 Å². The zero-order valence-electron chi connectivity index (χ0n) is 11.4. The second-order valence-corrected chi connectivity index (χ2v) is 5.60. The normalized spacial score (nSPS) is 12.0. The van der Waals surface area contributed by atoms with Crippen LogP contribution in [0.1, 0.15) is 12.0 Å². The summed E-state index contributed by atoms with van der Waals surface area (Å²) in [6.07, 6.45) is 1.26. The minimum Gasteiger partial charge on any atom is -0.325 e. The van der Waals surface area contributed by atoms with Crippen molar-refractivity contribution in [2.75, 3.05) is 5.32 Å². The molecule has 110 valence electrons. The second-order valence-electron chi connectivity index (χ2n) is 4.75. The van der Waals surface area contributed by atoms with Crippen LogP contribution in [0.15, 0.2) is 53.0 Å². The fourth-order valence-electron chi connectivity index (χ4n) is 1.91. The minimum absolute atomic E-state index is 0.312. The fraction of sp³-hybridized carbons (Fsp3) is 0.188. The minimum atomic E-state index is -0.628. The number of carbonyl (C=O) groups is 1. The maximum atomic E-state index is 13.4. The second kappa shape index (κ2) is 7.33. The number of hydrogen-bond acceptors (Lipinski definition) is 2. The third kappa shape index (κ3) is 4.65. The fourth-order valence-corrected chi connectivity index (χ4v) is 2.15. The summed E-state index contributed by atoms with van der Waals surface area (Å²) in [7, 11) is 0. The molecular formula is C16H16BrFN2O. The summed E-state index contributed by atoms with van der Waals surface area (Å²) in [5.74, 6) is -0.738. The van der Waals surface area contributed by atoms with Crippen molar-refractivity contribution in [2.24, 2.45) is 5.73 Å². The van der Waals surface area contributed by atoms with Gasteiger partial charge in [-0.05, 0) is 52.5 Å². The van der Waals surface area contributed by atoms with Crippen LogP contribution >= 0.6 is 15.9 Å². The Bertz CT molecular complexity index is 619. The van der Waals surface area contributed by atoms with Gasteiger partial charge in [0.05, 0.1) is 10.5 Å². The van der Waals surface area contributed by atoms with Gasteiger partial charge in [-0.1, -0.05) is 30.3 Å². The van der Waals surface area contributed by atoms with E-state index < -0.39 is 11.9 Å². The number of aryl methyl sites for hydroxylation is 1. The maximum Gasteiger partial charge on any atom is 0.241 e. The molecule has 3 nitrogen and oxygen atoms in total. The van der Waals surface area contributed by atoms with E-state index in [1.54, 1.807) is 12.1 Å². The molecule has 3 N–H and O–H groups in total. The van der Waals surface area contributed by atoms with Crippen molar-refractivity contribution in [2.45, 2.75) is 18.9 Å². The van der Waals surface area contributed by atoms with Crippen LogP contribution in [-0.2, 0) is 11.2 Å². The zero-order valence-corrected chi connectivity index (χ0v) is 12.9. The molecule has 0 heterocycles. The molecular weight excluding hydrogens is 335 g/mol. The lowest BCUT2D eigenvalue weighted by molar-refractivity contribution is -0.117. The first-order valence-corrected chi connectivity index (χ1v) is 7.41. The Kier molecular flexibility index (Phi) is 5.47. The molecule has 1 amide bonds. The molecule has 2 aromatic carbocycles. The van der Waals surface area contributed by atoms with Crippen molar-refractivity contribution in [3.63, 3.8) is 0 Å². The van der Waals surface area contributed by atoms with Gasteiger partial charge < -0.3 is 11.1 Å². The van der Waals surface area contributed by atoms with E-state index in [2.05, 4.69) is 21.2 Å². The Morgan fingerprint density at radius 2 is 1.95 bits per heavy atom. The van der Waals surface area contributed by atoms with Gasteiger partial charge in [0.15, 0.2) is 0 Å². The molecule has 0 aliphatic rings. The highest BCUT2D eigenvalue weighted by atomic mass is 79.9. The van der Waals surface area contributed by atoms with Crippen molar-refractivity contribution >= 4 is 27.5 Å². The molecule has 1 atom stereocenters. The van der Waals surface area contributed by atoms with Crippen LogP contribution in [0.2, 0.25) is 0 Å². The van der Waals surface area contributed by atoms with Crippen LogP contribution < -0.4 is 11.1 Å². The summed E-state index contributed by atoms with van der Waals surface area (Å²) < 4.78 is 13.7. The van der Waals surface area contributed by atoms with E-state index in [-0.39, 0.29) is 5.91 Å². The van der Waals surface area contributed by atoms with Crippen molar-refractivity contribution in [3.05, 3.63) is 64.4 Å². The smallest absolute Gasteiger partial charge is 0.241 e. The van der Waals surface area contributed by atoms with Gasteiger partial charge >= 0.3 is 0 Å². The zero-order chi connectivity index (χ0) is 15.2. The lowest BCUT2D eigenvalue weighted by atomic mass is 10.1. The standard InChI is InChI=1S/C16H16BrFN2O/c17-13-8-7-12(10-14(13)18)20-16(21)15(19)9-6-11-4-2-1-3-5-11/h1-5,7-8,10,15H,6,9,19H2,(H,20,21)/t15-/m0/s1. The first kappa shape index (κ1) is 15.7. The van der Waals surface area contributed by atoms with E-state index >= 15 is 0 Å². The number of nitrogens with two attached hydrogens (primary N) is 1. The molecule has 0 bridgehead atoms. The number of halogens is 2. The first-order valence-electron chi connectivity index (χ1n) is 6.61. The van der Waals surface area contributed by atoms with E-state index in [4.69, 9.17) is 5.73 Å². The van der Waals surface area contributed by atoms with E-state index in [1.807, 2.05) is 30.3 Å². The molecule has 0 aliphatic heterocycles. The summed E-state index contributed by atoms with van der Waals surface area (Å²) in [4.78, 5) is 12.0. The van der Waals surface area contributed by atoms with Gasteiger partial charge in [0.25, 0.3) is 0 Å². The van der Waals surface area contributed by atoms with Crippen molar-refractivity contribution in [1.82, 2.24) is 0 Å². The largest absolute Gasteiger partial charge is 0.325 e. The third-order valence-electron chi connectivity index (χ3n) is 3.11. The van der Waals surface area contributed by atoms with Crippen molar-refractivity contribution < 1.29 is 9.18 Å². The molecule has 5 heteroatoms. The first-order chi connectivity index (χ1) is 10.1. The summed E-state index contributed by atoms with van der Waals surface area (Å²) in [5, 5.41) is 2.62. The van der Waals surface area contributed by atoms with Crippen LogP contribution in [-0.4, -0.2) is 11.9 Å². The Morgan fingerprint density at radius 1 is 1.24 bits per heavy atom. The number of rotatable bonds is 5. The predicted molar refractivity (Wildman–Crippen MR) is 85.5 cm³/mol. The summed E-state index contributed by atoms with van der Waals surface area (Å²) in [6, 6.07) is 13.6. The SMILES string of the molecule is N[C@@H](CCc1ccccc1)C(=O)Nc1ccc(Br)c(F)c1. The van der Waals surface area contributed by atoms with Crippen LogP contribution in [0.5, 0.6) is 0 Å². The summed E-state index contributed by atoms with van der Waals surface area (Å²) in [5.41, 5.74) is 7.40. The topological polar surface area (TPSA) is 55.1 Å². The average Bonchev–Trinajstić information content (AvgIpc) is 2.49.